The fourth-order valence-electron chi connectivity index (χ4n) is 2.69. The molecule has 16 heavy (non-hydrogen) atoms. The summed E-state index contributed by atoms with van der Waals surface area (Å²) in [4.78, 5) is 12.6. The molecule has 1 aromatic rings. The highest BCUT2D eigenvalue weighted by Crippen LogP contribution is 2.44. The lowest BCUT2D eigenvalue weighted by molar-refractivity contribution is -0.145. The van der Waals surface area contributed by atoms with Crippen LogP contribution in [0.15, 0.2) is 11.4 Å². The number of rotatable bonds is 3. The Morgan fingerprint density at radius 3 is 2.56 bits per heavy atom. The highest BCUT2D eigenvalue weighted by molar-refractivity contribution is 7.10. The molecule has 88 valence electrons. The van der Waals surface area contributed by atoms with E-state index in [1.54, 1.807) is 11.3 Å². The third-order valence-electron chi connectivity index (χ3n) is 3.86. The molecule has 1 fully saturated rings. The molecule has 2 nitrogen and oxygen atoms in total. The molecule has 0 radical (unpaired) electrons. The Balaban J connectivity index is 2.38. The van der Waals surface area contributed by atoms with Gasteiger partial charge >= 0.3 is 5.97 Å². The molecule has 2 rings (SSSR count). The number of aliphatic carboxylic acids is 1. The quantitative estimate of drug-likeness (QED) is 0.873. The molecule has 1 N–H and O–H groups in total. The fourth-order valence-corrected chi connectivity index (χ4v) is 3.82. The molecule has 1 saturated carbocycles. The Labute approximate surface area is 100 Å². The summed E-state index contributed by atoms with van der Waals surface area (Å²) < 4.78 is 0. The van der Waals surface area contributed by atoms with Crippen LogP contribution in [0.4, 0.5) is 0 Å². The zero-order chi connectivity index (χ0) is 11.8. The van der Waals surface area contributed by atoms with Gasteiger partial charge in [-0.15, -0.1) is 11.3 Å². The zero-order valence-electron chi connectivity index (χ0n) is 9.82. The van der Waals surface area contributed by atoms with Crippen LogP contribution in [0.1, 0.15) is 43.0 Å². The van der Waals surface area contributed by atoms with E-state index in [1.807, 2.05) is 25.3 Å². The summed E-state index contributed by atoms with van der Waals surface area (Å²) >= 11 is 1.59. The van der Waals surface area contributed by atoms with Gasteiger partial charge in [0, 0.05) is 4.88 Å². The number of hydrogen-bond acceptors (Lipinski definition) is 2. The second kappa shape index (κ2) is 4.21. The van der Waals surface area contributed by atoms with Gasteiger partial charge in [0.15, 0.2) is 0 Å². The van der Waals surface area contributed by atoms with Gasteiger partial charge in [-0.05, 0) is 49.6 Å². The highest BCUT2D eigenvalue weighted by atomic mass is 32.1. The average Bonchev–Trinajstić information content (AvgIpc) is 2.86. The van der Waals surface area contributed by atoms with Gasteiger partial charge in [0.05, 0.1) is 0 Å². The van der Waals surface area contributed by atoms with Crippen molar-refractivity contribution in [1.29, 1.82) is 0 Å². The Bertz CT molecular complexity index is 390. The van der Waals surface area contributed by atoms with E-state index >= 15 is 0 Å². The molecular formula is C13H18O2S. The van der Waals surface area contributed by atoms with Crippen LogP contribution in [0.5, 0.6) is 0 Å². The summed E-state index contributed by atoms with van der Waals surface area (Å²) in [5, 5.41) is 11.6. The smallest absolute Gasteiger partial charge is 0.314 e. The summed E-state index contributed by atoms with van der Waals surface area (Å²) in [6.45, 7) is 3.92. The fraction of sp³-hybridized carbons (Fsp3) is 0.615. The molecule has 1 unspecified atom stereocenters. The first kappa shape index (κ1) is 11.6. The highest BCUT2D eigenvalue weighted by Gasteiger charge is 2.44. The normalized spacial score (nSPS) is 20.9. The van der Waals surface area contributed by atoms with Gasteiger partial charge in [0.1, 0.15) is 5.41 Å². The van der Waals surface area contributed by atoms with Crippen molar-refractivity contribution in [3.63, 3.8) is 0 Å². The SMILES string of the molecule is Cc1csc(C(C)(C(=O)O)C2CCCC2)c1. The molecule has 0 spiro atoms. The summed E-state index contributed by atoms with van der Waals surface area (Å²) in [6.07, 6.45) is 4.47. The van der Waals surface area contributed by atoms with Crippen LogP contribution in [-0.4, -0.2) is 11.1 Å². The van der Waals surface area contributed by atoms with Crippen molar-refractivity contribution in [1.82, 2.24) is 0 Å². The van der Waals surface area contributed by atoms with Gasteiger partial charge in [0.2, 0.25) is 0 Å². The topological polar surface area (TPSA) is 37.3 Å². The van der Waals surface area contributed by atoms with Crippen LogP contribution in [0, 0.1) is 12.8 Å². The number of carboxylic acid groups (broad SMARTS) is 1. The van der Waals surface area contributed by atoms with E-state index < -0.39 is 11.4 Å². The van der Waals surface area contributed by atoms with E-state index in [0.717, 1.165) is 17.7 Å². The van der Waals surface area contributed by atoms with Crippen molar-refractivity contribution in [2.75, 3.05) is 0 Å². The van der Waals surface area contributed by atoms with Crippen molar-refractivity contribution in [3.8, 4) is 0 Å². The summed E-state index contributed by atoms with van der Waals surface area (Å²) in [5.74, 6) is -0.357. The molecule has 1 heterocycles. The molecule has 0 saturated heterocycles. The first-order valence-electron chi connectivity index (χ1n) is 5.84. The lowest BCUT2D eigenvalue weighted by Crippen LogP contribution is -2.38. The number of thiophene rings is 1. The van der Waals surface area contributed by atoms with E-state index in [4.69, 9.17) is 0 Å². The molecule has 1 aromatic heterocycles. The van der Waals surface area contributed by atoms with Crippen LogP contribution in [-0.2, 0) is 10.2 Å². The lowest BCUT2D eigenvalue weighted by atomic mass is 9.74. The van der Waals surface area contributed by atoms with Crippen LogP contribution in [0.3, 0.4) is 0 Å². The third-order valence-corrected chi connectivity index (χ3v) is 5.14. The maximum Gasteiger partial charge on any atom is 0.314 e. The average molecular weight is 238 g/mol. The van der Waals surface area contributed by atoms with Gasteiger partial charge < -0.3 is 5.11 Å². The van der Waals surface area contributed by atoms with E-state index in [9.17, 15) is 9.90 Å². The van der Waals surface area contributed by atoms with E-state index in [1.165, 1.54) is 18.4 Å². The molecule has 0 aliphatic heterocycles. The Morgan fingerprint density at radius 1 is 1.50 bits per heavy atom. The Kier molecular flexibility index (Phi) is 3.06. The van der Waals surface area contributed by atoms with E-state index in [-0.39, 0.29) is 0 Å². The zero-order valence-corrected chi connectivity index (χ0v) is 10.6. The van der Waals surface area contributed by atoms with Crippen molar-refractivity contribution in [2.24, 2.45) is 5.92 Å². The van der Waals surface area contributed by atoms with Crippen LogP contribution < -0.4 is 0 Å². The van der Waals surface area contributed by atoms with Crippen LogP contribution >= 0.6 is 11.3 Å². The second-order valence-electron chi connectivity index (χ2n) is 4.98. The van der Waals surface area contributed by atoms with Gasteiger partial charge in [0.25, 0.3) is 0 Å². The van der Waals surface area contributed by atoms with E-state index in [2.05, 4.69) is 0 Å². The first-order valence-corrected chi connectivity index (χ1v) is 6.72. The summed E-state index contributed by atoms with van der Waals surface area (Å²) in [7, 11) is 0. The standard InChI is InChI=1S/C13H18O2S/c1-9-7-11(16-8-9)13(2,12(14)15)10-5-3-4-6-10/h7-8,10H,3-6H2,1-2H3,(H,14,15). The van der Waals surface area contributed by atoms with Crippen molar-refractivity contribution in [2.45, 2.75) is 44.9 Å². The molecule has 1 aliphatic carbocycles. The first-order chi connectivity index (χ1) is 7.55. The van der Waals surface area contributed by atoms with Crippen molar-refractivity contribution in [3.05, 3.63) is 21.9 Å². The van der Waals surface area contributed by atoms with Gasteiger partial charge in [-0.3, -0.25) is 4.79 Å². The monoisotopic (exact) mass is 238 g/mol. The van der Waals surface area contributed by atoms with Gasteiger partial charge in [-0.2, -0.15) is 0 Å². The number of carboxylic acids is 1. The summed E-state index contributed by atoms with van der Waals surface area (Å²) in [6, 6.07) is 2.04. The molecule has 1 aliphatic rings. The van der Waals surface area contributed by atoms with Crippen LogP contribution in [0.2, 0.25) is 0 Å². The molecule has 0 aromatic carbocycles. The largest absolute Gasteiger partial charge is 0.481 e. The molecule has 1 atom stereocenters. The Morgan fingerprint density at radius 2 is 2.12 bits per heavy atom. The Hall–Kier alpha value is -0.830. The number of aryl methyl sites for hydroxylation is 1. The van der Waals surface area contributed by atoms with Crippen LogP contribution in [0.25, 0.3) is 0 Å². The van der Waals surface area contributed by atoms with E-state index in [0.29, 0.717) is 5.92 Å². The van der Waals surface area contributed by atoms with Gasteiger partial charge in [-0.1, -0.05) is 12.8 Å². The van der Waals surface area contributed by atoms with Gasteiger partial charge in [-0.25, -0.2) is 0 Å². The predicted octanol–water partition coefficient (Wildman–Crippen LogP) is 3.59. The number of carbonyl (C=O) groups is 1. The van der Waals surface area contributed by atoms with Crippen molar-refractivity contribution < 1.29 is 9.90 Å². The molecule has 0 amide bonds. The second-order valence-corrected chi connectivity index (χ2v) is 5.89. The maximum absolute atomic E-state index is 11.6. The molecular weight excluding hydrogens is 220 g/mol. The lowest BCUT2D eigenvalue weighted by Gasteiger charge is -2.30. The minimum absolute atomic E-state index is 0.308. The predicted molar refractivity (Wildman–Crippen MR) is 66.0 cm³/mol. The molecule has 0 bridgehead atoms. The minimum atomic E-state index is -0.671. The maximum atomic E-state index is 11.6. The molecule has 3 heteroatoms. The number of hydrogen-bond donors (Lipinski definition) is 1. The minimum Gasteiger partial charge on any atom is -0.481 e. The van der Waals surface area contributed by atoms with Crippen molar-refractivity contribution >= 4 is 17.3 Å². The summed E-state index contributed by atoms with van der Waals surface area (Å²) in [5.41, 5.74) is 0.501. The third kappa shape index (κ3) is 1.77.